The van der Waals surface area contributed by atoms with Crippen LogP contribution in [-0.2, 0) is 20.2 Å². The lowest BCUT2D eigenvalue weighted by atomic mass is 10.0. The van der Waals surface area contributed by atoms with Crippen molar-refractivity contribution in [1.82, 2.24) is 0 Å². The minimum absolute atomic E-state index is 0.181. The van der Waals surface area contributed by atoms with E-state index in [1.807, 2.05) is 13.8 Å². The van der Waals surface area contributed by atoms with Gasteiger partial charge in [-0.25, -0.2) is 0 Å². The van der Waals surface area contributed by atoms with Crippen LogP contribution in [0.3, 0.4) is 0 Å². The molecule has 18 heteroatoms. The van der Waals surface area contributed by atoms with E-state index in [9.17, 15) is 36.2 Å². The maximum Gasteiger partial charge on any atom is 0.296 e. The van der Waals surface area contributed by atoms with Gasteiger partial charge >= 0.3 is 0 Å². The first kappa shape index (κ1) is 39.4. The molecule has 0 heterocycles. The number of azo groups is 2. The summed E-state index contributed by atoms with van der Waals surface area (Å²) in [4.78, 5) is -1.34. The fourth-order valence-corrected chi connectivity index (χ4v) is 7.06. The number of hydrogen-bond donors (Lipinski definition) is 6. The number of rotatable bonds is 13. The molecular formula is C38H36N6O10S2. The summed E-state index contributed by atoms with van der Waals surface area (Å²) in [6.45, 7) is 4.38. The van der Waals surface area contributed by atoms with Gasteiger partial charge in [0, 0.05) is 22.1 Å². The van der Waals surface area contributed by atoms with Gasteiger partial charge in [-0.2, -0.15) is 16.8 Å². The molecule has 0 saturated heterocycles. The highest BCUT2D eigenvalue weighted by Crippen LogP contribution is 2.45. The van der Waals surface area contributed by atoms with E-state index in [0.717, 1.165) is 12.1 Å². The molecule has 0 fully saturated rings. The Morgan fingerprint density at radius 3 is 1.30 bits per heavy atom. The van der Waals surface area contributed by atoms with E-state index in [1.54, 1.807) is 36.4 Å². The second-order valence-electron chi connectivity index (χ2n) is 12.5. The molecule has 0 saturated carbocycles. The zero-order valence-corrected chi connectivity index (χ0v) is 31.5. The maximum absolute atomic E-state index is 12.3. The molecule has 0 bridgehead atoms. The second kappa shape index (κ2) is 15.8. The van der Waals surface area contributed by atoms with E-state index < -0.39 is 52.9 Å². The van der Waals surface area contributed by atoms with E-state index in [1.165, 1.54) is 36.4 Å². The van der Waals surface area contributed by atoms with Crippen molar-refractivity contribution < 1.29 is 45.6 Å². The molecule has 0 aliphatic heterocycles. The van der Waals surface area contributed by atoms with Crippen LogP contribution in [0.1, 0.15) is 26.7 Å². The SMILES string of the molecule is CCCOc1cc(-c2ccc(N=Nc3c(S(=O)(=O)O)cc4cc(N)ccc4c3O)c(OCCC)c2)ccc1N=Nc1c(S(=O)(=O)O)cc2cc(N)ccc2c1O. The molecule has 6 aromatic carbocycles. The highest BCUT2D eigenvalue weighted by atomic mass is 32.2. The molecule has 0 aromatic heterocycles. The van der Waals surface area contributed by atoms with Gasteiger partial charge in [-0.3, -0.25) is 9.11 Å². The van der Waals surface area contributed by atoms with Gasteiger partial charge in [0.15, 0.2) is 11.5 Å². The largest absolute Gasteiger partial charge is 0.505 e. The van der Waals surface area contributed by atoms with Gasteiger partial charge in [0.05, 0.1) is 13.2 Å². The monoisotopic (exact) mass is 800 g/mol. The van der Waals surface area contributed by atoms with Crippen LogP contribution in [0.2, 0.25) is 0 Å². The molecule has 0 aliphatic carbocycles. The number of nitrogens with zero attached hydrogens (tertiary/aromatic N) is 4. The van der Waals surface area contributed by atoms with Gasteiger partial charge in [0.2, 0.25) is 0 Å². The summed E-state index contributed by atoms with van der Waals surface area (Å²) in [5.74, 6) is -0.529. The van der Waals surface area contributed by atoms with E-state index in [2.05, 4.69) is 20.5 Å². The third kappa shape index (κ3) is 8.32. The molecule has 0 unspecified atom stereocenters. The third-order valence-corrected chi connectivity index (χ3v) is 10.1. The molecule has 8 N–H and O–H groups in total. The van der Waals surface area contributed by atoms with Crippen LogP contribution < -0.4 is 20.9 Å². The Balaban J connectivity index is 1.40. The Labute approximate surface area is 321 Å². The molecule has 6 aromatic rings. The number of phenols is 2. The lowest BCUT2D eigenvalue weighted by molar-refractivity contribution is 0.318. The normalized spacial score (nSPS) is 12.3. The number of ether oxygens (including phenoxy) is 2. The van der Waals surface area contributed by atoms with Gasteiger partial charge in [-0.1, -0.05) is 26.0 Å². The Morgan fingerprint density at radius 2 is 0.946 bits per heavy atom. The number of anilines is 2. The topological polar surface area (TPSA) is 269 Å². The number of phenolic OH excluding ortho intramolecular Hbond substituents is 2. The van der Waals surface area contributed by atoms with Crippen LogP contribution in [0.15, 0.2) is 115 Å². The molecule has 6 rings (SSSR count). The quantitative estimate of drug-likeness (QED) is 0.0362. The van der Waals surface area contributed by atoms with Gasteiger partial charge in [0.1, 0.15) is 44.0 Å². The zero-order chi connectivity index (χ0) is 40.4. The fraction of sp³-hybridized carbons (Fsp3) is 0.158. The lowest BCUT2D eigenvalue weighted by Gasteiger charge is -2.13. The van der Waals surface area contributed by atoms with Crippen molar-refractivity contribution >= 4 is 75.9 Å². The Morgan fingerprint density at radius 1 is 0.554 bits per heavy atom. The standard InChI is InChI=1S/C38H36N6O10S2/c1-3-13-53-31-17-21(5-11-29(31)41-43-35-33(55(47,48)49)19-23-15-25(39)7-9-27(23)37(35)45)22-6-12-30(32(18-22)54-14-4-2)42-44-36-34(56(50,51)52)20-24-16-26(40)8-10-28(24)38(36)46/h5-12,15-20,45-46H,3-4,13-14,39-40H2,1-2H3,(H,47,48,49)(H,50,51,52). The van der Waals surface area contributed by atoms with E-state index >= 15 is 0 Å². The predicted molar refractivity (Wildman–Crippen MR) is 211 cm³/mol. The van der Waals surface area contributed by atoms with Crippen molar-refractivity contribution in [3.63, 3.8) is 0 Å². The minimum atomic E-state index is -4.85. The molecule has 0 amide bonds. The molecule has 0 spiro atoms. The summed E-state index contributed by atoms with van der Waals surface area (Å²) < 4.78 is 81.2. The fourth-order valence-electron chi connectivity index (χ4n) is 5.74. The average Bonchev–Trinajstić information content (AvgIpc) is 3.14. The summed E-state index contributed by atoms with van der Waals surface area (Å²) >= 11 is 0. The number of benzene rings is 6. The van der Waals surface area contributed by atoms with Gasteiger partial charge in [-0.05, 0) is 108 Å². The van der Waals surface area contributed by atoms with Crippen molar-refractivity contribution in [1.29, 1.82) is 0 Å². The number of fused-ring (bicyclic) bond motifs is 2. The van der Waals surface area contributed by atoms with Crippen molar-refractivity contribution in [2.45, 2.75) is 36.5 Å². The van der Waals surface area contributed by atoms with Crippen LogP contribution in [0.25, 0.3) is 32.7 Å². The van der Waals surface area contributed by atoms with E-state index in [0.29, 0.717) is 35.3 Å². The highest BCUT2D eigenvalue weighted by Gasteiger charge is 2.24. The molecule has 56 heavy (non-hydrogen) atoms. The highest BCUT2D eigenvalue weighted by molar-refractivity contribution is 7.86. The average molecular weight is 801 g/mol. The molecule has 0 atom stereocenters. The maximum atomic E-state index is 12.3. The Hall–Kier alpha value is -6.34. The molecular weight excluding hydrogens is 765 g/mol. The number of nitrogens with two attached hydrogens (primary N) is 2. The lowest BCUT2D eigenvalue weighted by Crippen LogP contribution is -1.99. The summed E-state index contributed by atoms with van der Waals surface area (Å²) in [6, 6.07) is 21.1. The van der Waals surface area contributed by atoms with Crippen molar-refractivity contribution in [3.8, 4) is 34.1 Å². The van der Waals surface area contributed by atoms with Crippen molar-refractivity contribution in [2.75, 3.05) is 24.7 Å². The summed E-state index contributed by atoms with van der Waals surface area (Å²) in [6.07, 6.45) is 1.27. The second-order valence-corrected chi connectivity index (χ2v) is 15.3. The summed E-state index contributed by atoms with van der Waals surface area (Å²) in [7, 11) is -9.71. The minimum Gasteiger partial charge on any atom is -0.505 e. The molecule has 0 aliphatic rings. The van der Waals surface area contributed by atoms with Crippen LogP contribution in [0.4, 0.5) is 34.1 Å². The third-order valence-electron chi connectivity index (χ3n) is 8.40. The van der Waals surface area contributed by atoms with Gasteiger partial charge in [-0.15, -0.1) is 20.5 Å². The first-order valence-electron chi connectivity index (χ1n) is 17.0. The van der Waals surface area contributed by atoms with Gasteiger partial charge in [0.25, 0.3) is 20.2 Å². The van der Waals surface area contributed by atoms with Crippen LogP contribution in [0.5, 0.6) is 23.0 Å². The van der Waals surface area contributed by atoms with E-state index in [-0.39, 0.29) is 57.6 Å². The Bertz CT molecular complexity index is 2600. The van der Waals surface area contributed by atoms with Crippen LogP contribution >= 0.6 is 0 Å². The number of aromatic hydroxyl groups is 2. The summed E-state index contributed by atoms with van der Waals surface area (Å²) in [5.41, 5.74) is 12.9. The van der Waals surface area contributed by atoms with Crippen LogP contribution in [-0.4, -0.2) is 49.4 Å². The predicted octanol–water partition coefficient (Wildman–Crippen LogP) is 9.14. The summed E-state index contributed by atoms with van der Waals surface area (Å²) in [5, 5.41) is 39.5. The van der Waals surface area contributed by atoms with E-state index in [4.69, 9.17) is 20.9 Å². The molecule has 16 nitrogen and oxygen atoms in total. The first-order chi connectivity index (χ1) is 26.6. The number of nitrogen functional groups attached to an aromatic ring is 2. The first-order valence-corrected chi connectivity index (χ1v) is 19.9. The van der Waals surface area contributed by atoms with Crippen molar-refractivity contribution in [2.24, 2.45) is 20.5 Å². The van der Waals surface area contributed by atoms with Crippen molar-refractivity contribution in [3.05, 3.63) is 84.9 Å². The number of hydrogen-bond acceptors (Lipinski definition) is 14. The smallest absolute Gasteiger partial charge is 0.296 e. The molecule has 290 valence electrons. The molecule has 0 radical (unpaired) electrons. The Kier molecular flexibility index (Phi) is 11.1. The van der Waals surface area contributed by atoms with Crippen LogP contribution in [0, 0.1) is 0 Å². The van der Waals surface area contributed by atoms with Gasteiger partial charge < -0.3 is 31.2 Å². The zero-order valence-electron chi connectivity index (χ0n) is 29.9.